The molecule has 0 aliphatic heterocycles. The Kier molecular flexibility index (Phi) is 2.65. The van der Waals surface area contributed by atoms with Crippen LogP contribution in [0.15, 0.2) is 31.0 Å². The predicted octanol–water partition coefficient (Wildman–Crippen LogP) is 3.63. The van der Waals surface area contributed by atoms with Crippen LogP contribution in [0.2, 0.25) is 0 Å². The minimum absolute atomic E-state index is 0.107. The second-order valence-electron chi connectivity index (χ2n) is 3.96. The number of pyridine rings is 1. The summed E-state index contributed by atoms with van der Waals surface area (Å²) in [4.78, 5) is 4.38. The predicted molar refractivity (Wildman–Crippen MR) is 67.5 cm³/mol. The summed E-state index contributed by atoms with van der Waals surface area (Å²) in [5.74, 6) is 0.107. The number of benzene rings is 1. The third-order valence-electron chi connectivity index (χ3n) is 2.84. The highest BCUT2D eigenvalue weighted by molar-refractivity contribution is 5.87. The first-order valence-corrected chi connectivity index (χ1v) is 5.40. The number of hydrogen-bond donors (Lipinski definition) is 1. The minimum Gasteiger partial charge on any atom is -0.508 e. The van der Waals surface area contributed by atoms with Crippen molar-refractivity contribution in [1.29, 1.82) is 0 Å². The van der Waals surface area contributed by atoms with E-state index in [2.05, 4.69) is 18.5 Å². The monoisotopic (exact) mass is 213 g/mol. The molecule has 2 aromatic rings. The molecule has 1 N–H and O–H groups in total. The zero-order valence-electron chi connectivity index (χ0n) is 9.62. The van der Waals surface area contributed by atoms with E-state index >= 15 is 0 Å². The van der Waals surface area contributed by atoms with Crippen LogP contribution in [0.4, 0.5) is 0 Å². The van der Waals surface area contributed by atoms with Crippen molar-refractivity contribution in [2.75, 3.05) is 0 Å². The number of nitrogens with zero attached hydrogens (tertiary/aromatic N) is 1. The van der Waals surface area contributed by atoms with E-state index in [4.69, 9.17) is 0 Å². The van der Waals surface area contributed by atoms with Gasteiger partial charge in [0.25, 0.3) is 0 Å². The van der Waals surface area contributed by atoms with Gasteiger partial charge in [-0.15, -0.1) is 0 Å². The first-order valence-electron chi connectivity index (χ1n) is 5.40. The highest BCUT2D eigenvalue weighted by Gasteiger charge is 2.06. The van der Waals surface area contributed by atoms with Gasteiger partial charge in [-0.1, -0.05) is 13.5 Å². The molecule has 1 aromatic carbocycles. The smallest absolute Gasteiger partial charge is 0.115 e. The van der Waals surface area contributed by atoms with E-state index in [1.54, 1.807) is 0 Å². The number of aryl methyl sites for hydroxylation is 2. The van der Waals surface area contributed by atoms with Gasteiger partial charge in [-0.3, -0.25) is 4.98 Å². The van der Waals surface area contributed by atoms with Crippen molar-refractivity contribution >= 4 is 16.7 Å². The van der Waals surface area contributed by atoms with Crippen LogP contribution in [0.5, 0.6) is 0 Å². The molecule has 1 heterocycles. The maximum atomic E-state index is 9.46. The van der Waals surface area contributed by atoms with E-state index in [9.17, 15) is 5.11 Å². The first kappa shape index (κ1) is 10.7. The van der Waals surface area contributed by atoms with Gasteiger partial charge >= 0.3 is 0 Å². The molecule has 16 heavy (non-hydrogen) atoms. The lowest BCUT2D eigenvalue weighted by molar-refractivity contribution is 0.514. The van der Waals surface area contributed by atoms with Gasteiger partial charge in [0.05, 0.1) is 5.52 Å². The molecule has 2 heteroatoms. The fraction of sp³-hybridized carbons (Fsp3) is 0.214. The molecular formula is C14H15NO. The highest BCUT2D eigenvalue weighted by Crippen LogP contribution is 2.24. The van der Waals surface area contributed by atoms with Gasteiger partial charge in [0.1, 0.15) is 5.76 Å². The summed E-state index contributed by atoms with van der Waals surface area (Å²) in [5.41, 5.74) is 4.09. The van der Waals surface area contributed by atoms with Crippen molar-refractivity contribution in [1.82, 2.24) is 4.98 Å². The summed E-state index contributed by atoms with van der Waals surface area (Å²) in [6, 6.07) is 5.89. The zero-order valence-corrected chi connectivity index (χ0v) is 9.62. The summed E-state index contributed by atoms with van der Waals surface area (Å²) < 4.78 is 0. The van der Waals surface area contributed by atoms with Gasteiger partial charge in [-0.05, 0) is 42.7 Å². The normalized spacial score (nSPS) is 10.6. The lowest BCUT2D eigenvalue weighted by Gasteiger charge is -2.08. The van der Waals surface area contributed by atoms with E-state index in [0.29, 0.717) is 0 Å². The molecule has 1 aromatic heterocycles. The number of hydrogen-bond acceptors (Lipinski definition) is 2. The van der Waals surface area contributed by atoms with Crippen molar-refractivity contribution in [3.63, 3.8) is 0 Å². The lowest BCUT2D eigenvalue weighted by Crippen LogP contribution is -1.92. The number of rotatable bonds is 2. The quantitative estimate of drug-likeness (QED) is 0.773. The van der Waals surface area contributed by atoms with Crippen molar-refractivity contribution in [3.05, 3.63) is 47.7 Å². The van der Waals surface area contributed by atoms with Crippen LogP contribution in [0.25, 0.3) is 16.7 Å². The average Bonchev–Trinajstić information content (AvgIpc) is 2.28. The SMILES string of the molecule is C=C(O)c1cc(C)c2nccc(CC)c2c1. The molecule has 2 rings (SSSR count). The van der Waals surface area contributed by atoms with E-state index in [1.165, 1.54) is 5.56 Å². The second-order valence-corrected chi connectivity index (χ2v) is 3.96. The molecule has 0 aliphatic rings. The zero-order chi connectivity index (χ0) is 11.7. The van der Waals surface area contributed by atoms with Gasteiger partial charge in [0.2, 0.25) is 0 Å². The molecular weight excluding hydrogens is 198 g/mol. The Morgan fingerprint density at radius 3 is 2.81 bits per heavy atom. The van der Waals surface area contributed by atoms with Crippen molar-refractivity contribution in [2.24, 2.45) is 0 Å². The van der Waals surface area contributed by atoms with Crippen LogP contribution in [0.1, 0.15) is 23.6 Å². The van der Waals surface area contributed by atoms with E-state index in [1.807, 2.05) is 31.3 Å². The molecule has 0 fully saturated rings. The summed E-state index contributed by atoms with van der Waals surface area (Å²) in [6.07, 6.45) is 2.79. The third kappa shape index (κ3) is 1.67. The maximum absolute atomic E-state index is 9.46. The third-order valence-corrected chi connectivity index (χ3v) is 2.84. The molecule has 0 bridgehead atoms. The number of aliphatic hydroxyl groups is 1. The fourth-order valence-corrected chi connectivity index (χ4v) is 1.96. The lowest BCUT2D eigenvalue weighted by atomic mass is 10.0. The molecule has 0 amide bonds. The van der Waals surface area contributed by atoms with Gasteiger partial charge in [-0.25, -0.2) is 0 Å². The molecule has 0 atom stereocenters. The summed E-state index contributed by atoms with van der Waals surface area (Å²) >= 11 is 0. The number of fused-ring (bicyclic) bond motifs is 1. The highest BCUT2D eigenvalue weighted by atomic mass is 16.3. The van der Waals surface area contributed by atoms with Gasteiger partial charge < -0.3 is 5.11 Å². The Morgan fingerprint density at radius 2 is 2.19 bits per heavy atom. The average molecular weight is 213 g/mol. The standard InChI is InChI=1S/C14H15NO/c1-4-11-5-6-15-14-9(2)7-12(10(3)16)8-13(11)14/h5-8,16H,3-4H2,1-2H3. The molecule has 0 aliphatic carbocycles. The largest absolute Gasteiger partial charge is 0.508 e. The van der Waals surface area contributed by atoms with Gasteiger partial charge in [0, 0.05) is 17.1 Å². The number of aliphatic hydroxyl groups excluding tert-OH is 1. The molecule has 0 unspecified atom stereocenters. The molecule has 0 saturated heterocycles. The Labute approximate surface area is 95.3 Å². The van der Waals surface area contributed by atoms with Crippen LogP contribution in [0.3, 0.4) is 0 Å². The molecule has 82 valence electrons. The van der Waals surface area contributed by atoms with Crippen LogP contribution in [0, 0.1) is 6.92 Å². The van der Waals surface area contributed by atoms with Gasteiger partial charge in [0.15, 0.2) is 0 Å². The minimum atomic E-state index is 0.107. The summed E-state index contributed by atoms with van der Waals surface area (Å²) in [7, 11) is 0. The fourth-order valence-electron chi connectivity index (χ4n) is 1.96. The van der Waals surface area contributed by atoms with Crippen LogP contribution in [-0.4, -0.2) is 10.1 Å². The van der Waals surface area contributed by atoms with E-state index in [0.717, 1.165) is 28.5 Å². The van der Waals surface area contributed by atoms with E-state index in [-0.39, 0.29) is 5.76 Å². The summed E-state index contributed by atoms with van der Waals surface area (Å²) in [6.45, 7) is 7.68. The Hall–Kier alpha value is -1.83. The second kappa shape index (κ2) is 3.97. The summed E-state index contributed by atoms with van der Waals surface area (Å²) in [5, 5.41) is 10.6. The maximum Gasteiger partial charge on any atom is 0.115 e. The molecule has 2 nitrogen and oxygen atoms in total. The Morgan fingerprint density at radius 1 is 1.44 bits per heavy atom. The molecule has 0 saturated carbocycles. The number of aromatic nitrogens is 1. The molecule has 0 radical (unpaired) electrons. The Bertz CT molecular complexity index is 558. The van der Waals surface area contributed by atoms with Crippen LogP contribution < -0.4 is 0 Å². The van der Waals surface area contributed by atoms with Crippen molar-refractivity contribution in [2.45, 2.75) is 20.3 Å². The van der Waals surface area contributed by atoms with Crippen LogP contribution in [-0.2, 0) is 6.42 Å². The Balaban J connectivity index is 2.82. The molecule has 0 spiro atoms. The van der Waals surface area contributed by atoms with E-state index < -0.39 is 0 Å². The van der Waals surface area contributed by atoms with Crippen molar-refractivity contribution < 1.29 is 5.11 Å². The topological polar surface area (TPSA) is 33.1 Å². The van der Waals surface area contributed by atoms with Gasteiger partial charge in [-0.2, -0.15) is 0 Å². The van der Waals surface area contributed by atoms with Crippen molar-refractivity contribution in [3.8, 4) is 0 Å². The van der Waals surface area contributed by atoms with Crippen LogP contribution >= 0.6 is 0 Å². The first-order chi connectivity index (χ1) is 7.63.